The first-order valence-corrected chi connectivity index (χ1v) is 15.6. The highest BCUT2D eigenvalue weighted by Gasteiger charge is 2.20. The van der Waals surface area contributed by atoms with E-state index in [1.807, 2.05) is 73.4 Å². The number of hydrogen-bond donors (Lipinski definition) is 0. The SMILES string of the molecule is CC[n+]1ccc(/C(=C\c2ccccc2)c2cn(C)n(-c3ccccc3)c2=O)c2ccccc21.Cc1ccc(S(=O)(=O)[O-])cc1. The van der Waals surface area contributed by atoms with Gasteiger partial charge in [-0.05, 0) is 61.4 Å². The van der Waals surface area contributed by atoms with Crippen LogP contribution in [-0.2, 0) is 23.7 Å². The van der Waals surface area contributed by atoms with Gasteiger partial charge < -0.3 is 4.55 Å². The molecule has 44 heavy (non-hydrogen) atoms. The lowest BCUT2D eigenvalue weighted by Gasteiger charge is -2.10. The molecule has 0 aliphatic heterocycles. The molecule has 0 aliphatic rings. The summed E-state index contributed by atoms with van der Waals surface area (Å²) in [6.45, 7) is 4.84. The summed E-state index contributed by atoms with van der Waals surface area (Å²) < 4.78 is 37.0. The first kappa shape index (κ1) is 30.4. The van der Waals surface area contributed by atoms with Gasteiger partial charge in [0.05, 0.1) is 21.5 Å². The van der Waals surface area contributed by atoms with E-state index in [4.69, 9.17) is 0 Å². The molecule has 0 N–H and O–H groups in total. The number of rotatable bonds is 6. The van der Waals surface area contributed by atoms with E-state index in [0.717, 1.165) is 45.4 Å². The molecule has 7 nitrogen and oxygen atoms in total. The van der Waals surface area contributed by atoms with Gasteiger partial charge in [0, 0.05) is 30.9 Å². The third kappa shape index (κ3) is 6.62. The number of nitrogens with zero attached hydrogens (tertiary/aromatic N) is 3. The molecule has 0 amide bonds. The van der Waals surface area contributed by atoms with E-state index in [1.165, 1.54) is 12.1 Å². The van der Waals surface area contributed by atoms with Crippen molar-refractivity contribution in [3.63, 3.8) is 0 Å². The fourth-order valence-electron chi connectivity index (χ4n) is 5.13. The molecule has 0 aliphatic carbocycles. The lowest BCUT2D eigenvalue weighted by atomic mass is 9.94. The monoisotopic (exact) mass is 603 g/mol. The van der Waals surface area contributed by atoms with Crippen LogP contribution in [0.15, 0.2) is 137 Å². The molecular weight excluding hydrogens is 570 g/mol. The number of para-hydroxylation sites is 2. The maximum absolute atomic E-state index is 13.8. The zero-order chi connectivity index (χ0) is 31.3. The summed E-state index contributed by atoms with van der Waals surface area (Å²) in [7, 11) is -2.36. The Kier molecular flexibility index (Phi) is 9.04. The fourth-order valence-corrected chi connectivity index (χ4v) is 5.60. The van der Waals surface area contributed by atoms with Crippen molar-refractivity contribution in [3.05, 3.63) is 160 Å². The summed E-state index contributed by atoms with van der Waals surface area (Å²) >= 11 is 0. The summed E-state index contributed by atoms with van der Waals surface area (Å²) in [5.41, 5.74) is 6.56. The normalized spacial score (nSPS) is 11.7. The molecule has 0 saturated carbocycles. The molecule has 4 aromatic carbocycles. The maximum atomic E-state index is 13.8. The van der Waals surface area contributed by atoms with Gasteiger partial charge in [-0.3, -0.25) is 9.48 Å². The Bertz CT molecular complexity index is 2100. The summed E-state index contributed by atoms with van der Waals surface area (Å²) in [4.78, 5) is 13.6. The van der Waals surface area contributed by atoms with Crippen LogP contribution in [-0.4, -0.2) is 22.3 Å². The first-order valence-electron chi connectivity index (χ1n) is 14.2. The van der Waals surface area contributed by atoms with Gasteiger partial charge in [0.2, 0.25) is 5.52 Å². The van der Waals surface area contributed by atoms with E-state index < -0.39 is 10.1 Å². The Labute approximate surface area is 257 Å². The van der Waals surface area contributed by atoms with Crippen LogP contribution in [0.3, 0.4) is 0 Å². The number of fused-ring (bicyclic) bond motifs is 1. The van der Waals surface area contributed by atoms with Crippen LogP contribution in [0, 0.1) is 6.92 Å². The molecule has 0 atom stereocenters. The second kappa shape index (κ2) is 13.1. The molecule has 0 spiro atoms. The predicted molar refractivity (Wildman–Crippen MR) is 173 cm³/mol. The van der Waals surface area contributed by atoms with E-state index in [2.05, 4.69) is 66.2 Å². The second-order valence-corrected chi connectivity index (χ2v) is 11.7. The van der Waals surface area contributed by atoms with Crippen LogP contribution in [0.1, 0.15) is 29.2 Å². The van der Waals surface area contributed by atoms with Gasteiger partial charge in [-0.15, -0.1) is 0 Å². The Morgan fingerprint density at radius 1 is 0.818 bits per heavy atom. The number of benzene rings is 4. The second-order valence-electron chi connectivity index (χ2n) is 10.3. The van der Waals surface area contributed by atoms with E-state index in [0.29, 0.717) is 5.56 Å². The average Bonchev–Trinajstić information content (AvgIpc) is 3.33. The molecular formula is C36H33N3O4S. The van der Waals surface area contributed by atoms with Gasteiger partial charge >= 0.3 is 0 Å². The Morgan fingerprint density at radius 3 is 2.07 bits per heavy atom. The fraction of sp³-hybridized carbons (Fsp3) is 0.111. The van der Waals surface area contributed by atoms with Crippen molar-refractivity contribution < 1.29 is 17.5 Å². The molecule has 0 radical (unpaired) electrons. The third-order valence-corrected chi connectivity index (χ3v) is 8.17. The highest BCUT2D eigenvalue weighted by atomic mass is 32.2. The molecule has 8 heteroatoms. The Hall–Kier alpha value is -5.05. The maximum Gasteiger partial charge on any atom is 0.279 e. The van der Waals surface area contributed by atoms with E-state index in [-0.39, 0.29) is 10.5 Å². The van der Waals surface area contributed by atoms with Crippen molar-refractivity contribution >= 4 is 32.7 Å². The highest BCUT2D eigenvalue weighted by molar-refractivity contribution is 7.85. The van der Waals surface area contributed by atoms with Crippen molar-refractivity contribution in [2.24, 2.45) is 7.05 Å². The minimum Gasteiger partial charge on any atom is -0.744 e. The molecule has 6 aromatic rings. The molecule has 2 heterocycles. The van der Waals surface area contributed by atoms with Crippen molar-refractivity contribution in [1.82, 2.24) is 9.36 Å². The van der Waals surface area contributed by atoms with Gasteiger partial charge in [-0.1, -0.05) is 78.4 Å². The summed E-state index contributed by atoms with van der Waals surface area (Å²) in [6, 6.07) is 36.2. The van der Waals surface area contributed by atoms with E-state index >= 15 is 0 Å². The van der Waals surface area contributed by atoms with E-state index in [9.17, 15) is 17.8 Å². The highest BCUT2D eigenvalue weighted by Crippen LogP contribution is 2.29. The topological polar surface area (TPSA) is 88.0 Å². The number of aromatic nitrogens is 3. The van der Waals surface area contributed by atoms with Gasteiger partial charge in [-0.25, -0.2) is 13.1 Å². The van der Waals surface area contributed by atoms with Crippen LogP contribution in [0.25, 0.3) is 28.2 Å². The zero-order valence-corrected chi connectivity index (χ0v) is 25.6. The molecule has 6 rings (SSSR count). The van der Waals surface area contributed by atoms with Crippen LogP contribution < -0.4 is 10.1 Å². The van der Waals surface area contributed by atoms with Crippen molar-refractivity contribution in [3.8, 4) is 5.69 Å². The molecule has 2 aromatic heterocycles. The molecule has 0 unspecified atom stereocenters. The standard InChI is InChI=1S/C29H26N3O.C7H8O3S/c1-3-31-19-18-24(25-16-10-11-17-28(25)31)26(20-22-12-6-4-7-13-22)27-21-30(2)32(29(27)33)23-14-8-5-9-15-23;1-6-2-4-7(5-3-6)11(8,9)10/h4-21H,3H2,1-2H3;2-5H,1H3,(H,8,9,10)/q+1;/p-1/b26-20+;. The van der Waals surface area contributed by atoms with Gasteiger partial charge in [0.15, 0.2) is 6.20 Å². The summed E-state index contributed by atoms with van der Waals surface area (Å²) in [5, 5.41) is 1.12. The van der Waals surface area contributed by atoms with Crippen LogP contribution >= 0.6 is 0 Å². The van der Waals surface area contributed by atoms with Crippen molar-refractivity contribution in [1.29, 1.82) is 0 Å². The van der Waals surface area contributed by atoms with Gasteiger partial charge in [0.1, 0.15) is 16.7 Å². The average molecular weight is 604 g/mol. The van der Waals surface area contributed by atoms with Gasteiger partial charge in [-0.2, -0.15) is 4.57 Å². The first-order chi connectivity index (χ1) is 21.2. The van der Waals surface area contributed by atoms with Crippen LogP contribution in [0.2, 0.25) is 0 Å². The zero-order valence-electron chi connectivity index (χ0n) is 24.8. The smallest absolute Gasteiger partial charge is 0.279 e. The molecule has 222 valence electrons. The van der Waals surface area contributed by atoms with Crippen molar-refractivity contribution in [2.75, 3.05) is 0 Å². The number of hydrogen-bond acceptors (Lipinski definition) is 4. The quantitative estimate of drug-likeness (QED) is 0.169. The lowest BCUT2D eigenvalue weighted by molar-refractivity contribution is -0.667. The van der Waals surface area contributed by atoms with Crippen molar-refractivity contribution in [2.45, 2.75) is 25.3 Å². The molecule has 0 saturated heterocycles. The van der Waals surface area contributed by atoms with Crippen LogP contribution in [0.5, 0.6) is 0 Å². The largest absolute Gasteiger partial charge is 0.744 e. The number of pyridine rings is 1. The lowest BCUT2D eigenvalue weighted by Crippen LogP contribution is -2.32. The third-order valence-electron chi connectivity index (χ3n) is 7.32. The molecule has 0 bridgehead atoms. The molecule has 0 fully saturated rings. The Balaban J connectivity index is 0.000000296. The summed E-state index contributed by atoms with van der Waals surface area (Å²) in [5.74, 6) is 0. The number of aryl methyl sites for hydroxylation is 3. The van der Waals surface area contributed by atoms with E-state index in [1.54, 1.807) is 16.8 Å². The predicted octanol–water partition coefficient (Wildman–Crippen LogP) is 6.12. The minimum absolute atomic E-state index is 0.0396. The summed E-state index contributed by atoms with van der Waals surface area (Å²) in [6.07, 6.45) is 6.15. The van der Waals surface area contributed by atoms with Crippen LogP contribution in [0.4, 0.5) is 0 Å². The minimum atomic E-state index is -4.27. The Morgan fingerprint density at radius 2 is 1.43 bits per heavy atom. The van der Waals surface area contributed by atoms with Gasteiger partial charge in [0.25, 0.3) is 5.56 Å².